The smallest absolute Gasteiger partial charge is 0.228 e. The molecule has 0 aliphatic carbocycles. The third-order valence-corrected chi connectivity index (χ3v) is 2.80. The molecule has 5 nitrogen and oxygen atoms in total. The van der Waals surface area contributed by atoms with Crippen molar-refractivity contribution in [2.75, 3.05) is 11.1 Å². The Morgan fingerprint density at radius 2 is 2.05 bits per heavy atom. The Kier molecular flexibility index (Phi) is 3.87. The average molecular weight is 267 g/mol. The molecule has 0 aliphatic rings. The SMILES string of the molecule is N#Cc1ccccc1NC(=O)Cc1cc(O)ccc1N. The van der Waals surface area contributed by atoms with Gasteiger partial charge in [-0.25, -0.2) is 0 Å². The molecule has 1 amide bonds. The molecule has 100 valence electrons. The largest absolute Gasteiger partial charge is 0.508 e. The number of phenols is 1. The molecule has 0 heterocycles. The van der Waals surface area contributed by atoms with Crippen LogP contribution in [0.15, 0.2) is 42.5 Å². The van der Waals surface area contributed by atoms with Crippen LogP contribution in [0.25, 0.3) is 0 Å². The zero-order valence-electron chi connectivity index (χ0n) is 10.6. The zero-order chi connectivity index (χ0) is 14.5. The first-order valence-electron chi connectivity index (χ1n) is 5.96. The van der Waals surface area contributed by atoms with Crippen molar-refractivity contribution >= 4 is 17.3 Å². The molecule has 2 rings (SSSR count). The van der Waals surface area contributed by atoms with Crippen molar-refractivity contribution in [3.05, 3.63) is 53.6 Å². The number of nitrogen functional groups attached to an aromatic ring is 1. The summed E-state index contributed by atoms with van der Waals surface area (Å²) in [6.07, 6.45) is 0.0278. The van der Waals surface area contributed by atoms with Crippen LogP contribution < -0.4 is 11.1 Å². The molecule has 0 saturated heterocycles. The molecule has 0 unspecified atom stereocenters. The molecule has 0 radical (unpaired) electrons. The molecule has 20 heavy (non-hydrogen) atoms. The lowest BCUT2D eigenvalue weighted by Gasteiger charge is -2.08. The van der Waals surface area contributed by atoms with Crippen molar-refractivity contribution in [2.45, 2.75) is 6.42 Å². The maximum Gasteiger partial charge on any atom is 0.228 e. The van der Waals surface area contributed by atoms with Crippen LogP contribution in [0.3, 0.4) is 0 Å². The van der Waals surface area contributed by atoms with Crippen LogP contribution >= 0.6 is 0 Å². The van der Waals surface area contributed by atoms with Gasteiger partial charge in [0.2, 0.25) is 5.91 Å². The number of para-hydroxylation sites is 1. The number of rotatable bonds is 3. The molecule has 2 aromatic carbocycles. The van der Waals surface area contributed by atoms with Gasteiger partial charge in [0.15, 0.2) is 0 Å². The fourth-order valence-corrected chi connectivity index (χ4v) is 1.80. The first-order chi connectivity index (χ1) is 9.60. The number of carbonyl (C=O) groups excluding carboxylic acids is 1. The Morgan fingerprint density at radius 3 is 2.80 bits per heavy atom. The van der Waals surface area contributed by atoms with Gasteiger partial charge in [0.1, 0.15) is 11.8 Å². The highest BCUT2D eigenvalue weighted by Gasteiger charge is 2.09. The second-order valence-electron chi connectivity index (χ2n) is 4.27. The standard InChI is InChI=1S/C15H13N3O2/c16-9-10-3-1-2-4-14(10)18-15(20)8-11-7-12(19)5-6-13(11)17/h1-7,19H,8,17H2,(H,18,20). The topological polar surface area (TPSA) is 99.1 Å². The number of hydrogen-bond acceptors (Lipinski definition) is 4. The highest BCUT2D eigenvalue weighted by atomic mass is 16.3. The molecule has 0 atom stereocenters. The quantitative estimate of drug-likeness (QED) is 0.585. The number of aromatic hydroxyl groups is 1. The van der Waals surface area contributed by atoms with E-state index in [0.29, 0.717) is 22.5 Å². The van der Waals surface area contributed by atoms with Crippen LogP contribution in [0, 0.1) is 11.3 Å². The summed E-state index contributed by atoms with van der Waals surface area (Å²) in [7, 11) is 0. The fourth-order valence-electron chi connectivity index (χ4n) is 1.80. The maximum absolute atomic E-state index is 12.0. The summed E-state index contributed by atoms with van der Waals surface area (Å²) in [6.45, 7) is 0. The van der Waals surface area contributed by atoms with Crippen molar-refractivity contribution < 1.29 is 9.90 Å². The number of nitriles is 1. The molecular formula is C15H13N3O2. The van der Waals surface area contributed by atoms with E-state index in [9.17, 15) is 9.90 Å². The second-order valence-corrected chi connectivity index (χ2v) is 4.27. The molecule has 0 spiro atoms. The van der Waals surface area contributed by atoms with E-state index in [-0.39, 0.29) is 18.1 Å². The lowest BCUT2D eigenvalue weighted by molar-refractivity contribution is -0.115. The minimum Gasteiger partial charge on any atom is -0.508 e. The molecule has 2 aromatic rings. The third kappa shape index (κ3) is 3.06. The molecular weight excluding hydrogens is 254 g/mol. The van der Waals surface area contributed by atoms with E-state index in [2.05, 4.69) is 5.32 Å². The summed E-state index contributed by atoms with van der Waals surface area (Å²) < 4.78 is 0. The number of nitrogens with zero attached hydrogens (tertiary/aromatic N) is 1. The Bertz CT molecular complexity index is 690. The van der Waals surface area contributed by atoms with Gasteiger partial charge in [0, 0.05) is 5.69 Å². The minimum atomic E-state index is -0.301. The van der Waals surface area contributed by atoms with Crippen molar-refractivity contribution in [2.24, 2.45) is 0 Å². The van der Waals surface area contributed by atoms with E-state index in [1.165, 1.54) is 12.1 Å². The van der Waals surface area contributed by atoms with Crippen LogP contribution in [-0.2, 0) is 11.2 Å². The predicted octanol–water partition coefficient (Wildman–Crippen LogP) is 2.03. The van der Waals surface area contributed by atoms with Crippen LogP contribution in [0.1, 0.15) is 11.1 Å². The summed E-state index contributed by atoms with van der Waals surface area (Å²) >= 11 is 0. The third-order valence-electron chi connectivity index (χ3n) is 2.80. The van der Waals surface area contributed by atoms with E-state index in [0.717, 1.165) is 0 Å². The number of nitrogens with two attached hydrogens (primary N) is 1. The number of hydrogen-bond donors (Lipinski definition) is 3. The minimum absolute atomic E-state index is 0.0278. The first kappa shape index (κ1) is 13.4. The van der Waals surface area contributed by atoms with E-state index in [1.807, 2.05) is 6.07 Å². The summed E-state index contributed by atoms with van der Waals surface area (Å²) in [5, 5.41) is 21.0. The van der Waals surface area contributed by atoms with Crippen LogP contribution in [-0.4, -0.2) is 11.0 Å². The van der Waals surface area contributed by atoms with Gasteiger partial charge in [-0.15, -0.1) is 0 Å². The normalized spacial score (nSPS) is 9.75. The monoisotopic (exact) mass is 267 g/mol. The van der Waals surface area contributed by atoms with E-state index in [1.54, 1.807) is 30.3 Å². The lowest BCUT2D eigenvalue weighted by Crippen LogP contribution is -2.16. The zero-order valence-corrected chi connectivity index (χ0v) is 10.6. The Morgan fingerprint density at radius 1 is 1.30 bits per heavy atom. The number of amides is 1. The average Bonchev–Trinajstić information content (AvgIpc) is 2.43. The van der Waals surface area contributed by atoms with E-state index in [4.69, 9.17) is 11.0 Å². The number of anilines is 2. The lowest BCUT2D eigenvalue weighted by atomic mass is 10.1. The number of carbonyl (C=O) groups is 1. The van der Waals surface area contributed by atoms with Crippen molar-refractivity contribution in [1.29, 1.82) is 5.26 Å². The highest BCUT2D eigenvalue weighted by molar-refractivity contribution is 5.94. The van der Waals surface area contributed by atoms with Gasteiger partial charge in [0.25, 0.3) is 0 Å². The van der Waals surface area contributed by atoms with Crippen LogP contribution in [0.5, 0.6) is 5.75 Å². The fraction of sp³-hybridized carbons (Fsp3) is 0.0667. The van der Waals surface area contributed by atoms with Gasteiger partial charge >= 0.3 is 0 Å². The predicted molar refractivity (Wildman–Crippen MR) is 76.0 cm³/mol. The van der Waals surface area contributed by atoms with Crippen molar-refractivity contribution in [3.63, 3.8) is 0 Å². The summed E-state index contributed by atoms with van der Waals surface area (Å²) in [5.41, 5.74) is 7.57. The molecule has 0 saturated carbocycles. The first-order valence-corrected chi connectivity index (χ1v) is 5.96. The summed E-state index contributed by atoms with van der Waals surface area (Å²) in [5.74, 6) is -0.246. The van der Waals surface area contributed by atoms with Gasteiger partial charge in [0.05, 0.1) is 17.7 Å². The van der Waals surface area contributed by atoms with Gasteiger partial charge in [-0.05, 0) is 35.9 Å². The van der Waals surface area contributed by atoms with Crippen molar-refractivity contribution in [1.82, 2.24) is 0 Å². The molecule has 0 aromatic heterocycles. The van der Waals surface area contributed by atoms with Gasteiger partial charge in [-0.3, -0.25) is 4.79 Å². The maximum atomic E-state index is 12.0. The Balaban J connectivity index is 2.14. The van der Waals surface area contributed by atoms with Gasteiger partial charge in [-0.2, -0.15) is 5.26 Å². The van der Waals surface area contributed by atoms with Gasteiger partial charge < -0.3 is 16.2 Å². The van der Waals surface area contributed by atoms with E-state index >= 15 is 0 Å². The molecule has 0 bridgehead atoms. The molecule has 0 fully saturated rings. The van der Waals surface area contributed by atoms with E-state index < -0.39 is 0 Å². The summed E-state index contributed by atoms with van der Waals surface area (Å²) in [4.78, 5) is 12.0. The Labute approximate surface area is 116 Å². The molecule has 4 N–H and O–H groups in total. The molecule has 5 heteroatoms. The number of benzene rings is 2. The summed E-state index contributed by atoms with van der Waals surface area (Å²) in [6, 6.07) is 13.2. The van der Waals surface area contributed by atoms with Crippen molar-refractivity contribution in [3.8, 4) is 11.8 Å². The molecule has 0 aliphatic heterocycles. The van der Waals surface area contributed by atoms with Crippen LogP contribution in [0.4, 0.5) is 11.4 Å². The second kappa shape index (κ2) is 5.76. The number of nitrogens with one attached hydrogen (secondary N) is 1. The highest BCUT2D eigenvalue weighted by Crippen LogP contribution is 2.20. The Hall–Kier alpha value is -3.00. The van der Waals surface area contributed by atoms with Gasteiger partial charge in [-0.1, -0.05) is 12.1 Å². The van der Waals surface area contributed by atoms with Crippen LogP contribution in [0.2, 0.25) is 0 Å². The number of phenolic OH excluding ortho intramolecular Hbond substituents is 1.